The van der Waals surface area contributed by atoms with Gasteiger partial charge in [0.2, 0.25) is 0 Å². The van der Waals surface area contributed by atoms with E-state index in [4.69, 9.17) is 8.23 Å². The first-order valence-electron chi connectivity index (χ1n) is 7.34. The molecule has 0 aliphatic heterocycles. The maximum atomic E-state index is 6.60. The molecule has 5 heteroatoms. The minimum atomic E-state index is -2.05. The molecule has 0 N–H and O–H groups in total. The first kappa shape index (κ1) is 18.6. The van der Waals surface area contributed by atoms with Gasteiger partial charge in [0.1, 0.15) is 0 Å². The van der Waals surface area contributed by atoms with Crippen LogP contribution >= 0.6 is 0 Å². The van der Waals surface area contributed by atoms with E-state index in [-0.39, 0.29) is 0 Å². The van der Waals surface area contributed by atoms with Crippen LogP contribution < -0.4 is 0 Å². The molecule has 0 bridgehead atoms. The highest BCUT2D eigenvalue weighted by Crippen LogP contribution is 2.36. The van der Waals surface area contributed by atoms with Gasteiger partial charge in [0, 0.05) is 5.54 Å². The summed E-state index contributed by atoms with van der Waals surface area (Å²) in [4.78, 5) is 0. The van der Waals surface area contributed by atoms with E-state index in [1.165, 1.54) is 19.3 Å². The fourth-order valence-corrected chi connectivity index (χ4v) is 15.7. The summed E-state index contributed by atoms with van der Waals surface area (Å²) >= 11 is 0. The van der Waals surface area contributed by atoms with Gasteiger partial charge < -0.3 is 8.23 Å². The monoisotopic (exact) mass is 306 g/mol. The van der Waals surface area contributed by atoms with Gasteiger partial charge in [0.25, 0.3) is 0 Å². The highest BCUT2D eigenvalue weighted by molar-refractivity contribution is 6.88. The van der Waals surface area contributed by atoms with Gasteiger partial charge in [0.15, 0.2) is 16.6 Å². The second-order valence-corrected chi connectivity index (χ2v) is 20.3. The molecule has 0 amide bonds. The van der Waals surface area contributed by atoms with Gasteiger partial charge in [-0.15, -0.1) is 0 Å². The molecule has 0 aromatic rings. The fourth-order valence-electron chi connectivity index (χ4n) is 2.59. The number of hydrogen-bond acceptors (Lipinski definition) is 2. The van der Waals surface area contributed by atoms with E-state index >= 15 is 0 Å². The zero-order chi connectivity index (χ0) is 14.6. The van der Waals surface area contributed by atoms with E-state index in [9.17, 15) is 0 Å². The van der Waals surface area contributed by atoms with E-state index in [2.05, 4.69) is 59.7 Å². The molecule has 0 saturated heterocycles. The molecule has 0 fully saturated rings. The van der Waals surface area contributed by atoms with Crippen molar-refractivity contribution in [1.29, 1.82) is 0 Å². The largest absolute Gasteiger partial charge is 0.436 e. The van der Waals surface area contributed by atoms with Crippen molar-refractivity contribution in [3.05, 3.63) is 0 Å². The Morgan fingerprint density at radius 3 is 1.39 bits per heavy atom. The molecular weight excluding hydrogens is 272 g/mol. The molecule has 0 aromatic heterocycles. The first-order chi connectivity index (χ1) is 7.93. The van der Waals surface area contributed by atoms with E-state index in [0.717, 1.165) is 0 Å². The molecule has 0 spiro atoms. The summed E-state index contributed by atoms with van der Waals surface area (Å²) in [7, 11) is -5.13. The minimum absolute atomic E-state index is 0.640. The van der Waals surface area contributed by atoms with Crippen LogP contribution in [0.1, 0.15) is 33.1 Å². The minimum Gasteiger partial charge on any atom is -0.436 e. The normalized spacial score (nSPS) is 15.8. The highest BCUT2D eigenvalue weighted by atomic mass is 28.5. The third kappa shape index (κ3) is 7.23. The molecule has 0 aliphatic carbocycles. The molecular formula is C13H34O2Si3. The average Bonchev–Trinajstić information content (AvgIpc) is 2.07. The van der Waals surface area contributed by atoms with Crippen molar-refractivity contribution in [3.63, 3.8) is 0 Å². The molecule has 18 heavy (non-hydrogen) atoms. The molecule has 110 valence electrons. The summed E-state index contributed by atoms with van der Waals surface area (Å²) in [6.07, 6.45) is 3.66. The summed E-state index contributed by atoms with van der Waals surface area (Å²) in [5.74, 6) is 0. The van der Waals surface area contributed by atoms with Crippen LogP contribution in [0, 0.1) is 0 Å². The van der Waals surface area contributed by atoms with Crippen molar-refractivity contribution >= 4 is 25.2 Å². The summed E-state index contributed by atoms with van der Waals surface area (Å²) < 4.78 is 13.2. The predicted octanol–water partition coefficient (Wildman–Crippen LogP) is 5.34. The predicted molar refractivity (Wildman–Crippen MR) is 89.4 cm³/mol. The molecule has 0 rings (SSSR count). The molecule has 0 radical (unpaired) electrons. The van der Waals surface area contributed by atoms with E-state index in [1.807, 2.05) is 0 Å². The molecule has 2 nitrogen and oxygen atoms in total. The van der Waals surface area contributed by atoms with Crippen molar-refractivity contribution < 1.29 is 8.23 Å². The third-order valence-corrected chi connectivity index (χ3v) is 13.2. The standard InChI is InChI=1S/C13H34O2Si3/c1-10-12-13(11-2)18(9,14-16(3,4)5)15-17(6,7)8/h13H,10-12H2,1-9H3. The Morgan fingerprint density at radius 2 is 1.17 bits per heavy atom. The topological polar surface area (TPSA) is 18.5 Å². The molecule has 0 saturated carbocycles. The Hall–Kier alpha value is 0.571. The quantitative estimate of drug-likeness (QED) is 0.563. The molecule has 0 aromatic carbocycles. The second-order valence-electron chi connectivity index (χ2n) is 7.34. The smallest absolute Gasteiger partial charge is 0.317 e. The summed E-state index contributed by atoms with van der Waals surface area (Å²) in [6.45, 7) is 20.6. The molecule has 0 heterocycles. The van der Waals surface area contributed by atoms with Crippen molar-refractivity contribution in [2.45, 2.75) is 84.5 Å². The Bertz CT molecular complexity index is 228. The van der Waals surface area contributed by atoms with Gasteiger partial charge in [-0.2, -0.15) is 0 Å². The zero-order valence-electron chi connectivity index (χ0n) is 14.0. The van der Waals surface area contributed by atoms with Crippen LogP contribution in [-0.2, 0) is 8.23 Å². The van der Waals surface area contributed by atoms with Crippen LogP contribution in [0.25, 0.3) is 0 Å². The lowest BCUT2D eigenvalue weighted by molar-refractivity contribution is 0.353. The van der Waals surface area contributed by atoms with Gasteiger partial charge in [-0.05, 0) is 52.2 Å². The van der Waals surface area contributed by atoms with Gasteiger partial charge in [-0.25, -0.2) is 0 Å². The van der Waals surface area contributed by atoms with Crippen LogP contribution in [0.4, 0.5) is 0 Å². The molecule has 1 unspecified atom stereocenters. The highest BCUT2D eigenvalue weighted by Gasteiger charge is 2.45. The maximum Gasteiger partial charge on any atom is 0.317 e. The van der Waals surface area contributed by atoms with Crippen molar-refractivity contribution in [2.24, 2.45) is 0 Å². The first-order valence-corrected chi connectivity index (χ1v) is 16.5. The summed E-state index contributed by atoms with van der Waals surface area (Å²) in [5, 5.41) is 0. The van der Waals surface area contributed by atoms with E-state index in [1.54, 1.807) is 0 Å². The Balaban J connectivity index is 5.11. The SMILES string of the molecule is CCCC(CC)[Si](C)(O[Si](C)(C)C)O[Si](C)(C)C. The Labute approximate surface area is 118 Å². The molecule has 1 atom stereocenters. The van der Waals surface area contributed by atoms with Gasteiger partial charge >= 0.3 is 8.56 Å². The molecule has 0 aliphatic rings. The number of hydrogen-bond donors (Lipinski definition) is 0. The van der Waals surface area contributed by atoms with Crippen LogP contribution in [-0.4, -0.2) is 25.2 Å². The van der Waals surface area contributed by atoms with Crippen LogP contribution in [0.3, 0.4) is 0 Å². The van der Waals surface area contributed by atoms with Crippen molar-refractivity contribution in [3.8, 4) is 0 Å². The van der Waals surface area contributed by atoms with Crippen LogP contribution in [0.15, 0.2) is 0 Å². The van der Waals surface area contributed by atoms with Crippen molar-refractivity contribution in [1.82, 2.24) is 0 Å². The van der Waals surface area contributed by atoms with Gasteiger partial charge in [-0.3, -0.25) is 0 Å². The average molecular weight is 307 g/mol. The summed E-state index contributed by atoms with van der Waals surface area (Å²) in [6, 6.07) is 0. The maximum absolute atomic E-state index is 6.60. The lowest BCUT2D eigenvalue weighted by Gasteiger charge is -2.43. The lowest BCUT2D eigenvalue weighted by Crippen LogP contribution is -2.55. The lowest BCUT2D eigenvalue weighted by atomic mass is 10.2. The second kappa shape index (κ2) is 6.83. The zero-order valence-corrected chi connectivity index (χ0v) is 17.0. The third-order valence-electron chi connectivity index (χ3n) is 2.89. The van der Waals surface area contributed by atoms with Crippen molar-refractivity contribution in [2.75, 3.05) is 0 Å². The number of rotatable bonds is 8. The summed E-state index contributed by atoms with van der Waals surface area (Å²) in [5.41, 5.74) is 0.640. The van der Waals surface area contributed by atoms with Crippen LogP contribution in [0.5, 0.6) is 0 Å². The van der Waals surface area contributed by atoms with E-state index in [0.29, 0.717) is 5.54 Å². The Kier molecular flexibility index (Phi) is 7.05. The van der Waals surface area contributed by atoms with E-state index < -0.39 is 25.2 Å². The van der Waals surface area contributed by atoms with Gasteiger partial charge in [0.05, 0.1) is 0 Å². The van der Waals surface area contributed by atoms with Gasteiger partial charge in [-0.1, -0.05) is 26.7 Å². The fraction of sp³-hybridized carbons (Fsp3) is 1.00. The van der Waals surface area contributed by atoms with Crippen LogP contribution in [0.2, 0.25) is 51.4 Å². The Morgan fingerprint density at radius 1 is 0.778 bits per heavy atom.